The molecule has 1 saturated heterocycles. The van der Waals surface area contributed by atoms with E-state index < -0.39 is 16.1 Å². The van der Waals surface area contributed by atoms with E-state index in [4.69, 9.17) is 11.6 Å². The Morgan fingerprint density at radius 2 is 1.76 bits per heavy atom. The van der Waals surface area contributed by atoms with Crippen LogP contribution in [0.15, 0.2) is 59.5 Å². The van der Waals surface area contributed by atoms with Crippen molar-refractivity contribution in [2.75, 3.05) is 18.5 Å². The summed E-state index contributed by atoms with van der Waals surface area (Å²) in [5.41, 5.74) is 0.739. The summed E-state index contributed by atoms with van der Waals surface area (Å²) >= 11 is 5.84. The molecule has 1 aliphatic rings. The van der Waals surface area contributed by atoms with Crippen LogP contribution >= 0.6 is 11.6 Å². The van der Waals surface area contributed by atoms with Gasteiger partial charge in [0.05, 0.1) is 4.90 Å². The highest BCUT2D eigenvalue weighted by molar-refractivity contribution is 7.89. The molecule has 0 bridgehead atoms. The minimum absolute atomic E-state index is 0.152. The highest BCUT2D eigenvalue weighted by Crippen LogP contribution is 2.28. The van der Waals surface area contributed by atoms with Gasteiger partial charge in [-0.15, -0.1) is 0 Å². The first-order valence-corrected chi connectivity index (χ1v) is 9.83. The van der Waals surface area contributed by atoms with Crippen LogP contribution in [-0.2, 0) is 14.8 Å². The third kappa shape index (κ3) is 3.56. The summed E-state index contributed by atoms with van der Waals surface area (Å²) in [7, 11) is -2.07. The van der Waals surface area contributed by atoms with Crippen molar-refractivity contribution in [3.05, 3.63) is 59.6 Å². The molecule has 2 aromatic carbocycles. The van der Waals surface area contributed by atoms with Gasteiger partial charge in [-0.3, -0.25) is 4.79 Å². The van der Waals surface area contributed by atoms with Gasteiger partial charge < -0.3 is 4.90 Å². The van der Waals surface area contributed by atoms with Gasteiger partial charge in [0.15, 0.2) is 0 Å². The zero-order chi connectivity index (χ0) is 18.0. The maximum absolute atomic E-state index is 12.9. The lowest BCUT2D eigenvalue weighted by Crippen LogP contribution is -2.46. The number of carbonyl (C=O) groups excluding carboxylic acids is 1. The van der Waals surface area contributed by atoms with Crippen molar-refractivity contribution in [1.29, 1.82) is 0 Å². The molecular formula is C18H19ClN2O3S. The summed E-state index contributed by atoms with van der Waals surface area (Å²) in [5.74, 6) is -0.221. The molecule has 3 rings (SSSR count). The van der Waals surface area contributed by atoms with Gasteiger partial charge in [0.1, 0.15) is 6.04 Å². The second-order valence-corrected chi connectivity index (χ2v) is 8.29. The first-order chi connectivity index (χ1) is 11.9. The number of amides is 1. The highest BCUT2D eigenvalue weighted by atomic mass is 35.5. The molecule has 7 heteroatoms. The lowest BCUT2D eigenvalue weighted by Gasteiger charge is -2.27. The molecule has 0 saturated carbocycles. The molecule has 2 aromatic rings. The van der Waals surface area contributed by atoms with E-state index in [1.807, 2.05) is 30.3 Å². The average molecular weight is 379 g/mol. The summed E-state index contributed by atoms with van der Waals surface area (Å²) in [4.78, 5) is 14.6. The molecule has 25 heavy (non-hydrogen) atoms. The maximum atomic E-state index is 12.9. The number of rotatable bonds is 4. The highest BCUT2D eigenvalue weighted by Gasteiger charge is 2.40. The van der Waals surface area contributed by atoms with E-state index in [0.717, 1.165) is 5.69 Å². The molecule has 132 valence electrons. The second-order valence-electron chi connectivity index (χ2n) is 5.96. The van der Waals surface area contributed by atoms with Gasteiger partial charge in [0.25, 0.3) is 0 Å². The Balaban J connectivity index is 1.87. The zero-order valence-electron chi connectivity index (χ0n) is 13.8. The summed E-state index contributed by atoms with van der Waals surface area (Å²) in [5, 5.41) is 0.469. The Morgan fingerprint density at radius 3 is 2.40 bits per heavy atom. The van der Waals surface area contributed by atoms with Gasteiger partial charge in [0, 0.05) is 24.3 Å². The van der Waals surface area contributed by atoms with E-state index in [2.05, 4.69) is 0 Å². The van der Waals surface area contributed by atoms with E-state index in [0.29, 0.717) is 24.4 Å². The number of benzene rings is 2. The van der Waals surface area contributed by atoms with Crippen LogP contribution in [0.2, 0.25) is 5.02 Å². The van der Waals surface area contributed by atoms with Crippen LogP contribution in [0.1, 0.15) is 12.8 Å². The Kier molecular flexibility index (Phi) is 5.13. The molecule has 0 unspecified atom stereocenters. The van der Waals surface area contributed by atoms with Gasteiger partial charge >= 0.3 is 0 Å². The normalized spacial score (nSPS) is 18.2. The summed E-state index contributed by atoms with van der Waals surface area (Å²) < 4.78 is 27.2. The van der Waals surface area contributed by atoms with E-state index in [9.17, 15) is 13.2 Å². The Hall–Kier alpha value is -1.89. The molecule has 0 aliphatic carbocycles. The Labute approximate surface area is 152 Å². The van der Waals surface area contributed by atoms with Crippen LogP contribution in [0.3, 0.4) is 0 Å². The zero-order valence-corrected chi connectivity index (χ0v) is 15.4. The minimum Gasteiger partial charge on any atom is -0.314 e. The van der Waals surface area contributed by atoms with Gasteiger partial charge in [-0.2, -0.15) is 4.31 Å². The van der Waals surface area contributed by atoms with Crippen LogP contribution in [0.25, 0.3) is 0 Å². The van der Waals surface area contributed by atoms with Crippen LogP contribution in [-0.4, -0.2) is 38.3 Å². The molecule has 0 aromatic heterocycles. The van der Waals surface area contributed by atoms with Crippen molar-refractivity contribution in [3.8, 4) is 0 Å². The van der Waals surface area contributed by atoms with Gasteiger partial charge in [-0.1, -0.05) is 29.8 Å². The van der Waals surface area contributed by atoms with E-state index in [-0.39, 0.29) is 10.8 Å². The number of anilines is 1. The fraction of sp³-hybridized carbons (Fsp3) is 0.278. The van der Waals surface area contributed by atoms with Crippen molar-refractivity contribution in [3.63, 3.8) is 0 Å². The van der Waals surface area contributed by atoms with E-state index in [1.165, 1.54) is 33.5 Å². The average Bonchev–Trinajstić information content (AvgIpc) is 3.12. The molecular weight excluding hydrogens is 360 g/mol. The van der Waals surface area contributed by atoms with Crippen molar-refractivity contribution in [2.45, 2.75) is 23.8 Å². The molecule has 0 spiro atoms. The van der Waals surface area contributed by atoms with Gasteiger partial charge in [-0.05, 0) is 49.2 Å². The first kappa shape index (κ1) is 17.9. The van der Waals surface area contributed by atoms with Crippen molar-refractivity contribution in [1.82, 2.24) is 4.31 Å². The summed E-state index contributed by atoms with van der Waals surface area (Å²) in [6, 6.07) is 14.5. The molecule has 5 nitrogen and oxygen atoms in total. The number of sulfonamides is 1. The smallest absolute Gasteiger partial charge is 0.245 e. The SMILES string of the molecule is CN(C(=O)[C@@H]1CCCN1S(=O)(=O)c1ccc(Cl)cc1)c1ccccc1. The van der Waals surface area contributed by atoms with Gasteiger partial charge in [-0.25, -0.2) is 8.42 Å². The van der Waals surface area contributed by atoms with E-state index in [1.54, 1.807) is 7.05 Å². The topological polar surface area (TPSA) is 57.7 Å². The number of likely N-dealkylation sites (N-methyl/N-ethyl adjacent to an activating group) is 1. The molecule has 1 amide bonds. The molecule has 0 radical (unpaired) electrons. The van der Waals surface area contributed by atoms with Gasteiger partial charge in [0.2, 0.25) is 15.9 Å². The van der Waals surface area contributed by atoms with Crippen molar-refractivity contribution >= 4 is 33.2 Å². The quantitative estimate of drug-likeness (QED) is 0.821. The predicted octanol–water partition coefficient (Wildman–Crippen LogP) is 3.16. The lowest BCUT2D eigenvalue weighted by atomic mass is 10.2. The van der Waals surface area contributed by atoms with Crippen molar-refractivity contribution in [2.24, 2.45) is 0 Å². The van der Waals surface area contributed by atoms with Crippen LogP contribution in [0.4, 0.5) is 5.69 Å². The molecule has 1 fully saturated rings. The van der Waals surface area contributed by atoms with Crippen LogP contribution in [0, 0.1) is 0 Å². The number of carbonyl (C=O) groups is 1. The second kappa shape index (κ2) is 7.15. The lowest BCUT2D eigenvalue weighted by molar-refractivity contribution is -0.121. The van der Waals surface area contributed by atoms with Crippen LogP contribution < -0.4 is 4.90 Å². The number of nitrogens with zero attached hydrogens (tertiary/aromatic N) is 2. The third-order valence-electron chi connectivity index (χ3n) is 4.38. The minimum atomic E-state index is -3.74. The van der Waals surface area contributed by atoms with Crippen molar-refractivity contribution < 1.29 is 13.2 Å². The summed E-state index contributed by atoms with van der Waals surface area (Å²) in [6.07, 6.45) is 1.18. The standard InChI is InChI=1S/C18H19ClN2O3S/c1-20(15-6-3-2-4-7-15)18(22)17-8-5-13-21(17)25(23,24)16-11-9-14(19)10-12-16/h2-4,6-7,9-12,17H,5,8,13H2,1H3/t17-/m0/s1. The molecule has 1 aliphatic heterocycles. The fourth-order valence-electron chi connectivity index (χ4n) is 3.02. The first-order valence-electron chi connectivity index (χ1n) is 8.01. The Bertz CT molecular complexity index is 854. The molecule has 1 heterocycles. The summed E-state index contributed by atoms with van der Waals surface area (Å²) in [6.45, 7) is 0.337. The monoisotopic (exact) mass is 378 g/mol. The number of hydrogen-bond donors (Lipinski definition) is 0. The largest absolute Gasteiger partial charge is 0.314 e. The van der Waals surface area contributed by atoms with E-state index >= 15 is 0 Å². The Morgan fingerprint density at radius 1 is 1.12 bits per heavy atom. The molecule has 1 atom stereocenters. The molecule has 0 N–H and O–H groups in total. The van der Waals surface area contributed by atoms with Crippen LogP contribution in [0.5, 0.6) is 0 Å². The number of halogens is 1. The fourth-order valence-corrected chi connectivity index (χ4v) is 4.80. The number of hydrogen-bond acceptors (Lipinski definition) is 3. The number of para-hydroxylation sites is 1. The third-order valence-corrected chi connectivity index (χ3v) is 6.56. The predicted molar refractivity (Wildman–Crippen MR) is 98.2 cm³/mol. The maximum Gasteiger partial charge on any atom is 0.245 e.